The summed E-state index contributed by atoms with van der Waals surface area (Å²) in [7, 11) is -1.40. The van der Waals surface area contributed by atoms with E-state index in [4.69, 9.17) is 24.5 Å². The Labute approximate surface area is 305 Å². The fraction of sp³-hybridized carbons (Fsp3) is 0.361. The van der Waals surface area contributed by atoms with Crippen LogP contribution in [0.2, 0.25) is 0 Å². The molecular weight excluding hydrogens is 715 g/mol. The van der Waals surface area contributed by atoms with Gasteiger partial charge in [-0.2, -0.15) is 0 Å². The Morgan fingerprint density at radius 1 is 0.980 bits per heavy atom. The Morgan fingerprint density at radius 3 is 2.41 bits per heavy atom. The number of benzene rings is 3. The second-order valence-corrected chi connectivity index (χ2v) is 16.2. The van der Waals surface area contributed by atoms with Gasteiger partial charge in [-0.25, -0.2) is 22.7 Å². The van der Waals surface area contributed by atoms with Gasteiger partial charge >= 0.3 is 12.2 Å². The maximum absolute atomic E-state index is 12.8. The Bertz CT molecular complexity index is 1870. The van der Waals surface area contributed by atoms with Crippen LogP contribution in [0.4, 0.5) is 9.59 Å². The van der Waals surface area contributed by atoms with Crippen molar-refractivity contribution in [3.63, 3.8) is 0 Å². The molecule has 51 heavy (non-hydrogen) atoms. The van der Waals surface area contributed by atoms with E-state index in [1.165, 1.54) is 33.7 Å². The van der Waals surface area contributed by atoms with Crippen LogP contribution in [0.5, 0.6) is 0 Å². The summed E-state index contributed by atoms with van der Waals surface area (Å²) in [4.78, 5) is 25.0. The number of carbonyl (C=O) groups excluding carboxylic acids is 2. The summed E-state index contributed by atoms with van der Waals surface area (Å²) in [5, 5.41) is 13.8. The normalized spacial score (nSPS) is 17.4. The minimum Gasteiger partial charge on any atom is -0.448 e. The van der Waals surface area contributed by atoms with Crippen molar-refractivity contribution in [3.8, 4) is 22.4 Å². The molecule has 4 N–H and O–H groups in total. The molecule has 0 saturated heterocycles. The van der Waals surface area contributed by atoms with Crippen LogP contribution in [0.25, 0.3) is 22.4 Å². The predicted octanol–water partition coefficient (Wildman–Crippen LogP) is 6.80. The van der Waals surface area contributed by atoms with Crippen LogP contribution in [0.1, 0.15) is 42.6 Å². The minimum atomic E-state index is -4.18. The highest BCUT2D eigenvalue weighted by atomic mass is 33.1. The number of nitrogens with two attached hydrogens (primary N) is 1. The summed E-state index contributed by atoms with van der Waals surface area (Å²) < 4.78 is 49.4. The highest BCUT2D eigenvalue weighted by Crippen LogP contribution is 2.45. The molecule has 0 aliphatic heterocycles. The van der Waals surface area contributed by atoms with E-state index in [0.29, 0.717) is 41.5 Å². The molecule has 15 heteroatoms. The lowest BCUT2D eigenvalue weighted by Gasteiger charge is -2.43. The first kappa shape index (κ1) is 38.2. The van der Waals surface area contributed by atoms with Crippen molar-refractivity contribution in [3.05, 3.63) is 95.7 Å². The average Bonchev–Trinajstić information content (AvgIpc) is 3.54. The van der Waals surface area contributed by atoms with Crippen LogP contribution in [-0.2, 0) is 36.4 Å². The number of aliphatic hydroxyl groups excluding tert-OH is 1. The number of amides is 1. The first-order valence-corrected chi connectivity index (χ1v) is 20.5. The van der Waals surface area contributed by atoms with Crippen LogP contribution in [0, 0.1) is 12.8 Å². The van der Waals surface area contributed by atoms with Gasteiger partial charge in [-0.3, -0.25) is 0 Å². The van der Waals surface area contributed by atoms with E-state index >= 15 is 0 Å². The van der Waals surface area contributed by atoms with E-state index in [1.54, 1.807) is 12.1 Å². The molecule has 4 aromatic rings. The van der Waals surface area contributed by atoms with Gasteiger partial charge in [0, 0.05) is 23.0 Å². The Kier molecular flexibility index (Phi) is 13.5. The minimum absolute atomic E-state index is 0.0372. The molecule has 2 atom stereocenters. The molecule has 0 bridgehead atoms. The van der Waals surface area contributed by atoms with E-state index in [0.717, 1.165) is 41.5 Å². The molecule has 0 spiro atoms. The maximum Gasteiger partial charge on any atom is 0.509 e. The molecule has 0 unspecified atom stereocenters. The molecule has 1 aromatic heterocycles. The average molecular weight is 756 g/mol. The number of hydrogen-bond donors (Lipinski definition) is 3. The number of aromatic nitrogens is 1. The van der Waals surface area contributed by atoms with Crippen LogP contribution in [0.3, 0.4) is 0 Å². The molecule has 1 aliphatic carbocycles. The maximum atomic E-state index is 12.8. The molecule has 1 aliphatic rings. The van der Waals surface area contributed by atoms with Crippen molar-refractivity contribution >= 4 is 43.9 Å². The van der Waals surface area contributed by atoms with E-state index in [2.05, 4.69) is 5.16 Å². The molecule has 0 radical (unpaired) electrons. The summed E-state index contributed by atoms with van der Waals surface area (Å²) in [5.74, 6) is 1.38. The molecular formula is C36H41N3O9S3. The van der Waals surface area contributed by atoms with Crippen molar-refractivity contribution < 1.29 is 41.8 Å². The Hall–Kier alpha value is -4.02. The molecule has 1 saturated carbocycles. The number of sulfonamides is 1. The number of nitrogens with zero attached hydrogens (tertiary/aromatic N) is 1. The molecule has 5 rings (SSSR count). The van der Waals surface area contributed by atoms with Crippen LogP contribution >= 0.6 is 21.6 Å². The van der Waals surface area contributed by atoms with Gasteiger partial charge in [-0.05, 0) is 67.6 Å². The van der Waals surface area contributed by atoms with Gasteiger partial charge in [-0.1, -0.05) is 93.8 Å². The molecule has 1 heterocycles. The third-order valence-electron chi connectivity index (χ3n) is 8.61. The molecule has 12 nitrogen and oxygen atoms in total. The summed E-state index contributed by atoms with van der Waals surface area (Å²) in [6, 6.07) is 23.0. The molecule has 1 amide bonds. The third kappa shape index (κ3) is 9.65. The topological polar surface area (TPSA) is 180 Å². The number of nitrogens with one attached hydrogen (secondary N) is 1. The Balaban J connectivity index is 1.02. The fourth-order valence-corrected chi connectivity index (χ4v) is 8.70. The second kappa shape index (κ2) is 18.0. The van der Waals surface area contributed by atoms with Gasteiger partial charge in [0.05, 0.1) is 17.1 Å². The summed E-state index contributed by atoms with van der Waals surface area (Å²) in [6.07, 6.45) is 1.43. The van der Waals surface area contributed by atoms with Crippen LogP contribution in [0.15, 0.2) is 88.3 Å². The largest absolute Gasteiger partial charge is 0.509 e. The van der Waals surface area contributed by atoms with Gasteiger partial charge in [0.15, 0.2) is 0 Å². The number of carbonyl (C=O) groups is 2. The number of hydrogen-bond acceptors (Lipinski definition) is 13. The van der Waals surface area contributed by atoms with Crippen LogP contribution in [-0.4, -0.2) is 62.2 Å². The van der Waals surface area contributed by atoms with Crippen molar-refractivity contribution in [1.29, 1.82) is 0 Å². The molecule has 3 aromatic carbocycles. The van der Waals surface area contributed by atoms with Gasteiger partial charge in [0.1, 0.15) is 30.3 Å². The summed E-state index contributed by atoms with van der Waals surface area (Å²) in [5.41, 5.74) is 9.67. The fourth-order valence-electron chi connectivity index (χ4n) is 6.16. The lowest BCUT2D eigenvalue weighted by atomic mass is 9.71. The smallest absolute Gasteiger partial charge is 0.448 e. The SMILES string of the molecule is Cc1onc(-c2ccc(S(=O)(=O)NC(=O)OCCSSCCOC(=O)O[C@]3(c4cccc(CO)c4)CCCC[C@@H]3CN)cc2)c1-c1ccccc1. The Morgan fingerprint density at radius 2 is 1.71 bits per heavy atom. The lowest BCUT2D eigenvalue weighted by Crippen LogP contribution is -2.45. The summed E-state index contributed by atoms with van der Waals surface area (Å²) >= 11 is 0. The molecule has 272 valence electrons. The number of aliphatic hydroxyl groups is 1. The van der Waals surface area contributed by atoms with E-state index < -0.39 is 27.9 Å². The highest BCUT2D eigenvalue weighted by molar-refractivity contribution is 8.76. The van der Waals surface area contributed by atoms with Crippen molar-refractivity contribution in [2.24, 2.45) is 11.7 Å². The van der Waals surface area contributed by atoms with E-state index in [9.17, 15) is 23.1 Å². The third-order valence-corrected chi connectivity index (χ3v) is 12.3. The first-order valence-electron chi connectivity index (χ1n) is 16.5. The van der Waals surface area contributed by atoms with Crippen LogP contribution < -0.4 is 10.5 Å². The number of ether oxygens (including phenoxy) is 3. The monoisotopic (exact) mass is 755 g/mol. The first-order chi connectivity index (χ1) is 24.7. The van der Waals surface area contributed by atoms with Crippen molar-refractivity contribution in [2.75, 3.05) is 31.3 Å². The second-order valence-electron chi connectivity index (χ2n) is 11.9. The van der Waals surface area contributed by atoms with Crippen molar-refractivity contribution in [2.45, 2.75) is 49.7 Å². The van der Waals surface area contributed by atoms with Gasteiger partial charge in [0.25, 0.3) is 10.0 Å². The lowest BCUT2D eigenvalue weighted by molar-refractivity contribution is -0.0901. The standard InChI is InChI=1S/C36H41N3O9S3/c1-25-32(27-9-3-2-4-10-27)33(38-48-25)28-13-15-31(16-14-28)51(43,44)39-34(41)45-18-20-49-50-21-19-46-35(42)47-36(17-6-5-11-30(36)23-37)29-12-7-8-26(22-29)24-40/h2-4,7-10,12-16,22,30,40H,5-6,11,17-21,23-24,37H2,1H3,(H,39,41)/t30-,36+/m1/s1. The van der Waals surface area contributed by atoms with E-state index in [1.807, 2.05) is 66.2 Å². The number of aryl methyl sites for hydroxylation is 1. The zero-order valence-corrected chi connectivity index (χ0v) is 30.6. The zero-order valence-electron chi connectivity index (χ0n) is 28.1. The van der Waals surface area contributed by atoms with Gasteiger partial charge < -0.3 is 29.6 Å². The highest BCUT2D eigenvalue weighted by Gasteiger charge is 2.45. The zero-order chi connectivity index (χ0) is 36.3. The van der Waals surface area contributed by atoms with Crippen molar-refractivity contribution in [1.82, 2.24) is 9.88 Å². The molecule has 1 fully saturated rings. The predicted molar refractivity (Wildman–Crippen MR) is 196 cm³/mol. The van der Waals surface area contributed by atoms with E-state index in [-0.39, 0.29) is 30.6 Å². The summed E-state index contributed by atoms with van der Waals surface area (Å²) in [6.45, 7) is 2.10. The van der Waals surface area contributed by atoms with Gasteiger partial charge in [-0.15, -0.1) is 0 Å². The quantitative estimate of drug-likeness (QED) is 0.0655. The van der Waals surface area contributed by atoms with Gasteiger partial charge in [0.2, 0.25) is 0 Å². The number of rotatable bonds is 15.